The zero-order valence-electron chi connectivity index (χ0n) is 13.9. The monoisotopic (exact) mass is 302 g/mol. The van der Waals surface area contributed by atoms with E-state index in [-0.39, 0.29) is 18.0 Å². The van der Waals surface area contributed by atoms with Gasteiger partial charge in [-0.25, -0.2) is 4.79 Å². The lowest BCUT2D eigenvalue weighted by Crippen LogP contribution is -2.44. The molecule has 0 aromatic rings. The number of hydrogen-bond donors (Lipinski definition) is 2. The maximum atomic E-state index is 12.0. The molecule has 1 atom stereocenters. The number of nitrogens with zero attached hydrogens (tertiary/aromatic N) is 1. The summed E-state index contributed by atoms with van der Waals surface area (Å²) in [4.78, 5) is 24.9. The van der Waals surface area contributed by atoms with E-state index in [0.29, 0.717) is 32.7 Å². The second-order valence-electron chi connectivity index (χ2n) is 6.26. The van der Waals surface area contributed by atoms with Crippen LogP contribution in [0.4, 0.5) is 4.79 Å². The number of carbonyl (C=O) groups excluding carboxylic acids is 1. The normalized spacial score (nSPS) is 12.8. The Morgan fingerprint density at radius 1 is 1.29 bits per heavy atom. The minimum Gasteiger partial charge on any atom is -0.481 e. The molecule has 0 bridgehead atoms. The standard InChI is InChI=1S/C15H30N2O4/c1-6-17(8-9-21-7-2)14(20)16-11-12(13(18)19)10-15(3,4)5/h12H,6-11H2,1-5H3,(H,16,20)(H,18,19). The molecule has 0 aromatic carbocycles. The lowest BCUT2D eigenvalue weighted by atomic mass is 9.84. The summed E-state index contributed by atoms with van der Waals surface area (Å²) in [5, 5.41) is 11.9. The summed E-state index contributed by atoms with van der Waals surface area (Å²) in [6.45, 7) is 12.1. The van der Waals surface area contributed by atoms with Crippen LogP contribution in [-0.2, 0) is 9.53 Å². The first-order chi connectivity index (χ1) is 9.71. The summed E-state index contributed by atoms with van der Waals surface area (Å²) in [6.07, 6.45) is 0.522. The molecule has 6 heteroatoms. The summed E-state index contributed by atoms with van der Waals surface area (Å²) < 4.78 is 5.23. The first-order valence-corrected chi connectivity index (χ1v) is 7.54. The van der Waals surface area contributed by atoms with Crippen molar-refractivity contribution >= 4 is 12.0 Å². The van der Waals surface area contributed by atoms with Crippen LogP contribution < -0.4 is 5.32 Å². The van der Waals surface area contributed by atoms with Gasteiger partial charge in [-0.2, -0.15) is 0 Å². The van der Waals surface area contributed by atoms with Crippen molar-refractivity contribution in [2.24, 2.45) is 11.3 Å². The third kappa shape index (κ3) is 9.28. The fourth-order valence-electron chi connectivity index (χ4n) is 2.03. The number of nitrogens with one attached hydrogen (secondary N) is 1. The van der Waals surface area contributed by atoms with Gasteiger partial charge in [0.15, 0.2) is 0 Å². The van der Waals surface area contributed by atoms with Crippen LogP contribution in [0.15, 0.2) is 0 Å². The Morgan fingerprint density at radius 2 is 1.90 bits per heavy atom. The molecular formula is C15H30N2O4. The van der Waals surface area contributed by atoms with Crippen LogP contribution >= 0.6 is 0 Å². The number of amides is 2. The zero-order valence-corrected chi connectivity index (χ0v) is 13.9. The van der Waals surface area contributed by atoms with Crippen molar-refractivity contribution in [2.45, 2.75) is 41.0 Å². The Morgan fingerprint density at radius 3 is 2.33 bits per heavy atom. The molecule has 0 spiro atoms. The molecule has 0 aromatic heterocycles. The van der Waals surface area contributed by atoms with Crippen LogP contribution in [0.2, 0.25) is 0 Å². The van der Waals surface area contributed by atoms with Crippen molar-refractivity contribution in [3.63, 3.8) is 0 Å². The lowest BCUT2D eigenvalue weighted by Gasteiger charge is -2.25. The molecule has 0 fully saturated rings. The quantitative estimate of drug-likeness (QED) is 0.640. The molecule has 0 heterocycles. The molecule has 2 N–H and O–H groups in total. The molecule has 0 rings (SSSR count). The molecule has 124 valence electrons. The van der Waals surface area contributed by atoms with Gasteiger partial charge in [0, 0.05) is 26.2 Å². The molecular weight excluding hydrogens is 272 g/mol. The molecule has 0 aliphatic heterocycles. The minimum atomic E-state index is -0.873. The SMILES string of the molecule is CCOCCN(CC)C(=O)NCC(CC(C)(C)C)C(=O)O. The fraction of sp³-hybridized carbons (Fsp3) is 0.867. The highest BCUT2D eigenvalue weighted by molar-refractivity contribution is 5.76. The molecule has 0 aliphatic carbocycles. The maximum absolute atomic E-state index is 12.0. The van der Waals surface area contributed by atoms with E-state index >= 15 is 0 Å². The summed E-state index contributed by atoms with van der Waals surface area (Å²) in [7, 11) is 0. The number of rotatable bonds is 9. The van der Waals surface area contributed by atoms with E-state index < -0.39 is 11.9 Å². The van der Waals surface area contributed by atoms with E-state index in [1.165, 1.54) is 0 Å². The number of carbonyl (C=O) groups is 2. The highest BCUT2D eigenvalue weighted by Gasteiger charge is 2.25. The van der Waals surface area contributed by atoms with Crippen molar-refractivity contribution < 1.29 is 19.4 Å². The third-order valence-electron chi connectivity index (χ3n) is 3.09. The Kier molecular flexibility index (Phi) is 9.01. The Hall–Kier alpha value is -1.30. The number of carboxylic acids is 1. The number of aliphatic carboxylic acids is 1. The van der Waals surface area contributed by atoms with Crippen LogP contribution in [0, 0.1) is 11.3 Å². The van der Waals surface area contributed by atoms with Gasteiger partial charge in [-0.15, -0.1) is 0 Å². The molecule has 0 aliphatic rings. The van der Waals surface area contributed by atoms with Gasteiger partial charge >= 0.3 is 12.0 Å². The van der Waals surface area contributed by atoms with Crippen LogP contribution in [0.1, 0.15) is 41.0 Å². The average molecular weight is 302 g/mol. The van der Waals surface area contributed by atoms with E-state index in [1.54, 1.807) is 4.90 Å². The zero-order chi connectivity index (χ0) is 16.5. The van der Waals surface area contributed by atoms with E-state index in [2.05, 4.69) is 5.32 Å². The smallest absolute Gasteiger partial charge is 0.317 e. The number of urea groups is 1. The van der Waals surface area contributed by atoms with Gasteiger partial charge < -0.3 is 20.1 Å². The van der Waals surface area contributed by atoms with E-state index in [1.807, 2.05) is 34.6 Å². The predicted octanol–water partition coefficient (Wildman–Crippen LogP) is 2.19. The molecule has 1 unspecified atom stereocenters. The third-order valence-corrected chi connectivity index (χ3v) is 3.09. The summed E-state index contributed by atoms with van der Waals surface area (Å²) >= 11 is 0. The largest absolute Gasteiger partial charge is 0.481 e. The van der Waals surface area contributed by atoms with E-state index in [0.717, 1.165) is 0 Å². The van der Waals surface area contributed by atoms with E-state index in [9.17, 15) is 14.7 Å². The van der Waals surface area contributed by atoms with Crippen molar-refractivity contribution in [2.75, 3.05) is 32.8 Å². The van der Waals surface area contributed by atoms with Crippen molar-refractivity contribution in [1.82, 2.24) is 10.2 Å². The first-order valence-electron chi connectivity index (χ1n) is 7.54. The van der Waals surface area contributed by atoms with Gasteiger partial charge in [-0.1, -0.05) is 20.8 Å². The molecule has 0 saturated carbocycles. The summed E-state index contributed by atoms with van der Waals surface area (Å²) in [6, 6.07) is -0.239. The van der Waals surface area contributed by atoms with Crippen LogP contribution in [-0.4, -0.2) is 54.9 Å². The summed E-state index contributed by atoms with van der Waals surface area (Å²) in [5.41, 5.74) is -0.0901. The van der Waals surface area contributed by atoms with Gasteiger partial charge in [-0.05, 0) is 25.7 Å². The number of likely N-dealkylation sites (N-methyl/N-ethyl adjacent to an activating group) is 1. The lowest BCUT2D eigenvalue weighted by molar-refractivity contribution is -0.142. The Labute approximate surface area is 127 Å². The minimum absolute atomic E-state index is 0.0901. The Balaban J connectivity index is 4.36. The van der Waals surface area contributed by atoms with Crippen LogP contribution in [0.3, 0.4) is 0 Å². The van der Waals surface area contributed by atoms with Crippen LogP contribution in [0.5, 0.6) is 0 Å². The van der Waals surface area contributed by atoms with Crippen molar-refractivity contribution in [3.8, 4) is 0 Å². The number of hydrogen-bond acceptors (Lipinski definition) is 3. The molecule has 21 heavy (non-hydrogen) atoms. The van der Waals surface area contributed by atoms with Crippen LogP contribution in [0.25, 0.3) is 0 Å². The molecule has 2 amide bonds. The Bertz CT molecular complexity index is 326. The van der Waals surface area contributed by atoms with Gasteiger partial charge in [0.05, 0.1) is 12.5 Å². The van der Waals surface area contributed by atoms with Crippen molar-refractivity contribution in [3.05, 3.63) is 0 Å². The van der Waals surface area contributed by atoms with Gasteiger partial charge in [0.25, 0.3) is 0 Å². The number of carboxylic acid groups (broad SMARTS) is 1. The number of ether oxygens (including phenoxy) is 1. The van der Waals surface area contributed by atoms with Gasteiger partial charge in [-0.3, -0.25) is 4.79 Å². The highest BCUT2D eigenvalue weighted by atomic mass is 16.5. The fourth-order valence-corrected chi connectivity index (χ4v) is 2.03. The average Bonchev–Trinajstić information content (AvgIpc) is 2.37. The topological polar surface area (TPSA) is 78.9 Å². The highest BCUT2D eigenvalue weighted by Crippen LogP contribution is 2.24. The maximum Gasteiger partial charge on any atom is 0.317 e. The molecule has 0 radical (unpaired) electrons. The molecule has 0 saturated heterocycles. The predicted molar refractivity (Wildman–Crippen MR) is 82.3 cm³/mol. The second-order valence-corrected chi connectivity index (χ2v) is 6.26. The van der Waals surface area contributed by atoms with Gasteiger partial charge in [0.1, 0.15) is 0 Å². The van der Waals surface area contributed by atoms with Gasteiger partial charge in [0.2, 0.25) is 0 Å². The second kappa shape index (κ2) is 9.60. The first kappa shape index (κ1) is 19.7. The summed E-state index contributed by atoms with van der Waals surface area (Å²) in [5.74, 6) is -1.44. The van der Waals surface area contributed by atoms with Crippen molar-refractivity contribution in [1.29, 1.82) is 0 Å². The molecule has 6 nitrogen and oxygen atoms in total. The van der Waals surface area contributed by atoms with E-state index in [4.69, 9.17) is 4.74 Å².